The Bertz CT molecular complexity index is 158. The van der Waals surface area contributed by atoms with Crippen molar-refractivity contribution in [3.05, 3.63) is 0 Å². The van der Waals surface area contributed by atoms with Crippen molar-refractivity contribution in [1.82, 2.24) is 4.90 Å². The van der Waals surface area contributed by atoms with Gasteiger partial charge in [0.05, 0.1) is 0 Å². The summed E-state index contributed by atoms with van der Waals surface area (Å²) >= 11 is 0. The highest BCUT2D eigenvalue weighted by Gasteiger charge is 2.34. The van der Waals surface area contributed by atoms with E-state index in [1.54, 1.807) is 0 Å². The average Bonchev–Trinajstić information content (AvgIpc) is 2.83. The fourth-order valence-corrected chi connectivity index (χ4v) is 2.13. The lowest BCUT2D eigenvalue weighted by molar-refractivity contribution is 0.220. The van der Waals surface area contributed by atoms with E-state index in [1.807, 2.05) is 0 Å². The third-order valence-corrected chi connectivity index (χ3v) is 3.58. The van der Waals surface area contributed by atoms with Crippen molar-refractivity contribution in [2.75, 3.05) is 20.1 Å². The van der Waals surface area contributed by atoms with Crippen LogP contribution in [-0.2, 0) is 0 Å². The van der Waals surface area contributed by atoms with E-state index in [1.165, 1.54) is 32.2 Å². The summed E-state index contributed by atoms with van der Waals surface area (Å²) in [5, 5.41) is 0. The molecule has 0 aromatic rings. The van der Waals surface area contributed by atoms with Crippen LogP contribution in [0.4, 0.5) is 0 Å². The summed E-state index contributed by atoms with van der Waals surface area (Å²) in [5.41, 5.74) is 5.80. The number of likely N-dealkylation sites (N-methyl/N-ethyl adjacent to an activating group) is 1. The minimum Gasteiger partial charge on any atom is -0.329 e. The number of unbranched alkanes of at least 4 members (excludes halogenated alkanes) is 1. The number of nitrogens with zero attached hydrogens (tertiary/aromatic N) is 1. The molecule has 2 heteroatoms. The first-order chi connectivity index (χ1) is 6.69. The third-order valence-electron chi connectivity index (χ3n) is 3.58. The summed E-state index contributed by atoms with van der Waals surface area (Å²) < 4.78 is 0. The monoisotopic (exact) mass is 198 g/mol. The second-order valence-electron chi connectivity index (χ2n) is 4.94. The van der Waals surface area contributed by atoms with Crippen molar-refractivity contribution in [3.63, 3.8) is 0 Å². The lowest BCUT2D eigenvalue weighted by atomic mass is 10.1. The molecule has 0 heterocycles. The van der Waals surface area contributed by atoms with Crippen LogP contribution >= 0.6 is 0 Å². The fraction of sp³-hybridized carbons (Fsp3) is 1.00. The predicted octanol–water partition coefficient (Wildman–Crippen LogP) is 2.09. The maximum absolute atomic E-state index is 5.80. The van der Waals surface area contributed by atoms with E-state index >= 15 is 0 Å². The molecule has 1 aliphatic rings. The van der Waals surface area contributed by atoms with Crippen molar-refractivity contribution in [2.24, 2.45) is 17.6 Å². The Kier molecular flexibility index (Phi) is 4.90. The van der Waals surface area contributed by atoms with E-state index in [0.717, 1.165) is 18.4 Å². The molecule has 14 heavy (non-hydrogen) atoms. The van der Waals surface area contributed by atoms with Crippen molar-refractivity contribution >= 4 is 0 Å². The zero-order valence-corrected chi connectivity index (χ0v) is 10.00. The number of rotatable bonds is 7. The van der Waals surface area contributed by atoms with Crippen LogP contribution in [0.2, 0.25) is 0 Å². The van der Waals surface area contributed by atoms with Gasteiger partial charge in [-0.15, -0.1) is 0 Å². The Morgan fingerprint density at radius 2 is 2.14 bits per heavy atom. The topological polar surface area (TPSA) is 29.3 Å². The molecule has 1 fully saturated rings. The predicted molar refractivity (Wildman–Crippen MR) is 62.3 cm³/mol. The van der Waals surface area contributed by atoms with Crippen LogP contribution in [-0.4, -0.2) is 31.1 Å². The molecule has 2 N–H and O–H groups in total. The van der Waals surface area contributed by atoms with Gasteiger partial charge >= 0.3 is 0 Å². The molecule has 2 nitrogen and oxygen atoms in total. The summed E-state index contributed by atoms with van der Waals surface area (Å²) in [5.74, 6) is 1.91. The van der Waals surface area contributed by atoms with E-state index in [9.17, 15) is 0 Å². The zero-order valence-electron chi connectivity index (χ0n) is 10.00. The van der Waals surface area contributed by atoms with E-state index in [2.05, 4.69) is 25.8 Å². The highest BCUT2D eigenvalue weighted by Crippen LogP contribution is 2.38. The lowest BCUT2D eigenvalue weighted by Crippen LogP contribution is -2.39. The third kappa shape index (κ3) is 3.58. The van der Waals surface area contributed by atoms with Crippen LogP contribution in [0.15, 0.2) is 0 Å². The Hall–Kier alpha value is -0.0800. The highest BCUT2D eigenvalue weighted by molar-refractivity contribution is 4.86. The molecule has 1 aliphatic carbocycles. The Morgan fingerprint density at radius 1 is 1.50 bits per heavy atom. The minimum absolute atomic E-state index is 0.614. The van der Waals surface area contributed by atoms with Crippen LogP contribution in [0.5, 0.6) is 0 Å². The van der Waals surface area contributed by atoms with Gasteiger partial charge in [0.1, 0.15) is 0 Å². The van der Waals surface area contributed by atoms with Gasteiger partial charge in [0.15, 0.2) is 0 Å². The zero-order chi connectivity index (χ0) is 10.6. The summed E-state index contributed by atoms with van der Waals surface area (Å²) in [6, 6.07) is 0.614. The standard InChI is InChI=1S/C12H26N2/c1-4-5-6-12(8-13)14(3)9-11-7-10(11)2/h10-12H,4-9,13H2,1-3H3. The summed E-state index contributed by atoms with van der Waals surface area (Å²) in [4.78, 5) is 2.48. The molecule has 84 valence electrons. The average molecular weight is 198 g/mol. The van der Waals surface area contributed by atoms with Crippen molar-refractivity contribution in [2.45, 2.75) is 45.6 Å². The molecule has 0 aromatic heterocycles. The molecule has 3 atom stereocenters. The van der Waals surface area contributed by atoms with Crippen LogP contribution in [0, 0.1) is 11.8 Å². The summed E-state index contributed by atoms with van der Waals surface area (Å²) in [6.07, 6.45) is 5.29. The van der Waals surface area contributed by atoms with Gasteiger partial charge in [0.2, 0.25) is 0 Å². The Morgan fingerprint density at radius 3 is 2.57 bits per heavy atom. The second kappa shape index (κ2) is 5.72. The molecule has 0 aliphatic heterocycles. The molecular weight excluding hydrogens is 172 g/mol. The van der Waals surface area contributed by atoms with Crippen molar-refractivity contribution < 1.29 is 0 Å². The first-order valence-electron chi connectivity index (χ1n) is 6.09. The summed E-state index contributed by atoms with van der Waals surface area (Å²) in [7, 11) is 2.23. The van der Waals surface area contributed by atoms with Crippen LogP contribution in [0.1, 0.15) is 39.5 Å². The van der Waals surface area contributed by atoms with E-state index in [-0.39, 0.29) is 0 Å². The molecular formula is C12H26N2. The van der Waals surface area contributed by atoms with Gasteiger partial charge in [0, 0.05) is 19.1 Å². The van der Waals surface area contributed by atoms with E-state index < -0.39 is 0 Å². The van der Waals surface area contributed by atoms with Gasteiger partial charge in [-0.25, -0.2) is 0 Å². The van der Waals surface area contributed by atoms with Gasteiger partial charge in [-0.1, -0.05) is 26.7 Å². The molecule has 0 saturated heterocycles. The van der Waals surface area contributed by atoms with Gasteiger partial charge in [-0.2, -0.15) is 0 Å². The maximum atomic E-state index is 5.80. The van der Waals surface area contributed by atoms with Gasteiger partial charge in [-0.05, 0) is 31.7 Å². The van der Waals surface area contributed by atoms with E-state index in [4.69, 9.17) is 5.73 Å². The quantitative estimate of drug-likeness (QED) is 0.679. The number of hydrogen-bond donors (Lipinski definition) is 1. The van der Waals surface area contributed by atoms with E-state index in [0.29, 0.717) is 6.04 Å². The lowest BCUT2D eigenvalue weighted by Gasteiger charge is -2.27. The Labute approximate surface area is 88.8 Å². The highest BCUT2D eigenvalue weighted by atomic mass is 15.1. The van der Waals surface area contributed by atoms with Crippen LogP contribution in [0.25, 0.3) is 0 Å². The first kappa shape index (κ1) is 12.0. The van der Waals surface area contributed by atoms with Crippen LogP contribution in [0.3, 0.4) is 0 Å². The second-order valence-corrected chi connectivity index (χ2v) is 4.94. The van der Waals surface area contributed by atoms with Gasteiger partial charge in [0.25, 0.3) is 0 Å². The fourth-order valence-electron chi connectivity index (χ4n) is 2.13. The van der Waals surface area contributed by atoms with Crippen molar-refractivity contribution in [1.29, 1.82) is 0 Å². The molecule has 1 rings (SSSR count). The molecule has 0 bridgehead atoms. The van der Waals surface area contributed by atoms with Gasteiger partial charge < -0.3 is 10.6 Å². The molecule has 3 unspecified atom stereocenters. The molecule has 0 spiro atoms. The normalized spacial score (nSPS) is 28.1. The Balaban J connectivity index is 2.20. The van der Waals surface area contributed by atoms with Crippen LogP contribution < -0.4 is 5.73 Å². The van der Waals surface area contributed by atoms with Gasteiger partial charge in [-0.3, -0.25) is 0 Å². The summed E-state index contributed by atoms with van der Waals surface area (Å²) in [6.45, 7) is 6.67. The smallest absolute Gasteiger partial charge is 0.0215 e. The SMILES string of the molecule is CCCCC(CN)N(C)CC1CC1C. The largest absolute Gasteiger partial charge is 0.329 e. The molecule has 0 radical (unpaired) electrons. The number of nitrogens with two attached hydrogens (primary N) is 1. The molecule has 0 amide bonds. The first-order valence-corrected chi connectivity index (χ1v) is 6.09. The van der Waals surface area contributed by atoms with Crippen molar-refractivity contribution in [3.8, 4) is 0 Å². The minimum atomic E-state index is 0.614. The maximum Gasteiger partial charge on any atom is 0.0215 e. The number of hydrogen-bond acceptors (Lipinski definition) is 2. The molecule has 1 saturated carbocycles. The molecule has 0 aromatic carbocycles.